The van der Waals surface area contributed by atoms with Gasteiger partial charge in [0.1, 0.15) is 0 Å². The number of rotatable bonds is 6. The lowest BCUT2D eigenvalue weighted by atomic mass is 10.1. The summed E-state index contributed by atoms with van der Waals surface area (Å²) in [7, 11) is 0. The van der Waals surface area contributed by atoms with E-state index in [9.17, 15) is 19.2 Å². The number of aryl methyl sites for hydroxylation is 1. The van der Waals surface area contributed by atoms with E-state index in [1.807, 2.05) is 6.92 Å². The van der Waals surface area contributed by atoms with E-state index in [-0.39, 0.29) is 30.3 Å². The molecule has 0 aliphatic carbocycles. The molecule has 2 saturated heterocycles. The van der Waals surface area contributed by atoms with E-state index < -0.39 is 5.91 Å². The van der Waals surface area contributed by atoms with Crippen LogP contribution in [0.25, 0.3) is 6.08 Å². The summed E-state index contributed by atoms with van der Waals surface area (Å²) in [4.78, 5) is 52.4. The van der Waals surface area contributed by atoms with Crippen LogP contribution in [0, 0.1) is 6.92 Å². The molecular formula is C23H21ClN4O4S. The smallest absolute Gasteiger partial charge is 0.322 e. The molecule has 2 fully saturated rings. The molecule has 5 amide bonds. The molecule has 2 aliphatic heterocycles. The Bertz CT molecular complexity index is 1170. The fourth-order valence-corrected chi connectivity index (χ4v) is 4.58. The molecule has 2 aromatic carbocycles. The first-order chi connectivity index (χ1) is 15.8. The molecule has 8 nitrogen and oxygen atoms in total. The summed E-state index contributed by atoms with van der Waals surface area (Å²) in [5.41, 5.74) is 2.76. The van der Waals surface area contributed by atoms with Crippen LogP contribution in [0.4, 0.5) is 15.3 Å². The maximum atomic E-state index is 12.6. The van der Waals surface area contributed by atoms with Crippen LogP contribution in [0.15, 0.2) is 47.4 Å². The Labute approximate surface area is 199 Å². The van der Waals surface area contributed by atoms with Gasteiger partial charge in [0.25, 0.3) is 17.1 Å². The maximum absolute atomic E-state index is 12.6. The molecule has 4 rings (SSSR count). The molecule has 0 spiro atoms. The van der Waals surface area contributed by atoms with Gasteiger partial charge < -0.3 is 10.6 Å². The number of carbonyl (C=O) groups is 4. The summed E-state index contributed by atoms with van der Waals surface area (Å²) in [6, 6.07) is 11.9. The zero-order valence-electron chi connectivity index (χ0n) is 17.8. The second-order valence-corrected chi connectivity index (χ2v) is 8.96. The molecule has 33 heavy (non-hydrogen) atoms. The first-order valence-corrected chi connectivity index (χ1v) is 11.5. The molecule has 0 bridgehead atoms. The van der Waals surface area contributed by atoms with Crippen molar-refractivity contribution in [2.24, 2.45) is 0 Å². The summed E-state index contributed by atoms with van der Waals surface area (Å²) >= 11 is 6.74. The summed E-state index contributed by atoms with van der Waals surface area (Å²) in [6.45, 7) is 3.20. The van der Waals surface area contributed by atoms with Crippen LogP contribution in [-0.2, 0) is 4.79 Å². The quantitative estimate of drug-likeness (QED) is 0.610. The van der Waals surface area contributed by atoms with Gasteiger partial charge in [-0.1, -0.05) is 23.7 Å². The Hall–Kier alpha value is -3.30. The van der Waals surface area contributed by atoms with Gasteiger partial charge in [0.05, 0.1) is 4.91 Å². The van der Waals surface area contributed by atoms with Gasteiger partial charge in [0.15, 0.2) is 0 Å². The minimum absolute atomic E-state index is 0.0688. The second kappa shape index (κ2) is 9.68. The van der Waals surface area contributed by atoms with E-state index in [0.29, 0.717) is 28.6 Å². The predicted molar refractivity (Wildman–Crippen MR) is 128 cm³/mol. The molecular weight excluding hydrogens is 464 g/mol. The van der Waals surface area contributed by atoms with E-state index in [0.717, 1.165) is 33.5 Å². The van der Waals surface area contributed by atoms with Gasteiger partial charge in [0.2, 0.25) is 0 Å². The second-order valence-electron chi connectivity index (χ2n) is 7.53. The zero-order valence-corrected chi connectivity index (χ0v) is 19.3. The van der Waals surface area contributed by atoms with Gasteiger partial charge in [-0.05, 0) is 66.2 Å². The summed E-state index contributed by atoms with van der Waals surface area (Å²) < 4.78 is 0. The minimum atomic E-state index is -0.390. The Morgan fingerprint density at radius 2 is 1.94 bits per heavy atom. The van der Waals surface area contributed by atoms with E-state index in [4.69, 9.17) is 11.6 Å². The number of nitrogens with zero attached hydrogens (tertiary/aromatic N) is 2. The number of imide groups is 1. The Balaban J connectivity index is 1.34. The fraction of sp³-hybridized carbons (Fsp3) is 0.217. The number of hydrogen-bond acceptors (Lipinski definition) is 5. The van der Waals surface area contributed by atoms with Crippen LogP contribution in [0.3, 0.4) is 0 Å². The van der Waals surface area contributed by atoms with Crippen molar-refractivity contribution < 1.29 is 19.2 Å². The molecule has 170 valence electrons. The lowest BCUT2D eigenvalue weighted by Crippen LogP contribution is -2.37. The number of thioether (sulfide) groups is 1. The highest BCUT2D eigenvalue weighted by atomic mass is 35.5. The SMILES string of the molecule is Cc1cc(C(=O)NCCN2C(=O)S/C(=C/c3ccc(Cl)cc3)C2=O)ccc1N1CCNC1=O. The highest BCUT2D eigenvalue weighted by Crippen LogP contribution is 2.32. The summed E-state index contributed by atoms with van der Waals surface area (Å²) in [5.74, 6) is -0.711. The lowest BCUT2D eigenvalue weighted by Gasteiger charge is -2.18. The average molecular weight is 485 g/mol. The van der Waals surface area contributed by atoms with Crippen molar-refractivity contribution in [3.8, 4) is 0 Å². The fourth-order valence-electron chi connectivity index (χ4n) is 3.59. The van der Waals surface area contributed by atoms with Crippen molar-refractivity contribution in [1.82, 2.24) is 15.5 Å². The van der Waals surface area contributed by atoms with Crippen molar-refractivity contribution >= 4 is 58.2 Å². The summed E-state index contributed by atoms with van der Waals surface area (Å²) in [5, 5.41) is 5.70. The van der Waals surface area contributed by atoms with Crippen molar-refractivity contribution in [1.29, 1.82) is 0 Å². The largest absolute Gasteiger partial charge is 0.350 e. The number of benzene rings is 2. The van der Waals surface area contributed by atoms with Gasteiger partial charge in [0, 0.05) is 42.5 Å². The molecule has 0 radical (unpaired) electrons. The van der Waals surface area contributed by atoms with Gasteiger partial charge >= 0.3 is 6.03 Å². The third-order valence-electron chi connectivity index (χ3n) is 5.27. The summed E-state index contributed by atoms with van der Waals surface area (Å²) in [6.07, 6.45) is 1.64. The molecule has 2 N–H and O–H groups in total. The highest BCUT2D eigenvalue weighted by molar-refractivity contribution is 8.18. The van der Waals surface area contributed by atoms with Crippen molar-refractivity contribution in [3.63, 3.8) is 0 Å². The van der Waals surface area contributed by atoms with Crippen LogP contribution in [0.5, 0.6) is 0 Å². The lowest BCUT2D eigenvalue weighted by molar-refractivity contribution is -0.122. The van der Waals surface area contributed by atoms with Crippen molar-refractivity contribution in [3.05, 3.63) is 69.1 Å². The predicted octanol–water partition coefficient (Wildman–Crippen LogP) is 3.64. The first kappa shape index (κ1) is 22.9. The number of amides is 5. The van der Waals surface area contributed by atoms with Crippen molar-refractivity contribution in [2.45, 2.75) is 6.92 Å². The highest BCUT2D eigenvalue weighted by Gasteiger charge is 2.34. The van der Waals surface area contributed by atoms with Gasteiger partial charge in [-0.3, -0.25) is 24.2 Å². The Morgan fingerprint density at radius 3 is 2.61 bits per heavy atom. The van der Waals surface area contributed by atoms with Crippen LogP contribution >= 0.6 is 23.4 Å². The number of anilines is 1. The molecule has 2 aliphatic rings. The van der Waals surface area contributed by atoms with Crippen LogP contribution < -0.4 is 15.5 Å². The average Bonchev–Trinajstić information content (AvgIpc) is 3.33. The van der Waals surface area contributed by atoms with E-state index in [1.165, 1.54) is 0 Å². The van der Waals surface area contributed by atoms with E-state index in [2.05, 4.69) is 10.6 Å². The molecule has 0 saturated carbocycles. The molecule has 0 atom stereocenters. The molecule has 0 aromatic heterocycles. The van der Waals surface area contributed by atoms with Gasteiger partial charge in [-0.2, -0.15) is 0 Å². The normalized spacial score (nSPS) is 17.2. The zero-order chi connectivity index (χ0) is 23.5. The van der Waals surface area contributed by atoms with Crippen LogP contribution in [0.1, 0.15) is 21.5 Å². The molecule has 0 unspecified atom stereocenters. The topological polar surface area (TPSA) is 98.8 Å². The maximum Gasteiger partial charge on any atom is 0.322 e. The Kier molecular flexibility index (Phi) is 6.71. The Morgan fingerprint density at radius 1 is 1.18 bits per heavy atom. The number of nitrogens with one attached hydrogen (secondary N) is 2. The molecule has 10 heteroatoms. The first-order valence-electron chi connectivity index (χ1n) is 10.3. The van der Waals surface area contributed by atoms with E-state index in [1.54, 1.807) is 53.4 Å². The number of urea groups is 1. The number of halogens is 1. The van der Waals surface area contributed by atoms with Crippen LogP contribution in [-0.4, -0.2) is 54.2 Å². The molecule has 2 aromatic rings. The monoisotopic (exact) mass is 484 g/mol. The molecule has 2 heterocycles. The standard InChI is InChI=1S/C23H21ClN4O4S/c1-14-12-16(4-7-18(14)27-10-9-26-22(27)31)20(29)25-8-11-28-21(30)19(33-23(28)32)13-15-2-5-17(24)6-3-15/h2-7,12-13H,8-11H2,1H3,(H,25,29)(H,26,31)/b19-13+. The van der Waals surface area contributed by atoms with Gasteiger partial charge in [-0.15, -0.1) is 0 Å². The van der Waals surface area contributed by atoms with Crippen LogP contribution in [0.2, 0.25) is 5.02 Å². The third-order valence-corrected chi connectivity index (χ3v) is 6.43. The van der Waals surface area contributed by atoms with Gasteiger partial charge in [-0.25, -0.2) is 4.79 Å². The third kappa shape index (κ3) is 5.04. The number of carbonyl (C=O) groups excluding carboxylic acids is 4. The number of hydrogen-bond donors (Lipinski definition) is 2. The van der Waals surface area contributed by atoms with Crippen molar-refractivity contribution in [2.75, 3.05) is 31.1 Å². The van der Waals surface area contributed by atoms with E-state index >= 15 is 0 Å². The minimum Gasteiger partial charge on any atom is -0.350 e.